The molecule has 2 rings (SSSR count). The van der Waals surface area contributed by atoms with Crippen LogP contribution in [0.1, 0.15) is 20.8 Å². The molecule has 1 amide bonds. The number of hydrogen-bond donors (Lipinski definition) is 2. The first-order valence-corrected chi connectivity index (χ1v) is 5.06. The normalized spacial score (nSPS) is 10.1. The summed E-state index contributed by atoms with van der Waals surface area (Å²) >= 11 is 5.62. The quantitative estimate of drug-likeness (QED) is 0.876. The molecule has 7 nitrogen and oxygen atoms in total. The zero-order chi connectivity index (χ0) is 13.1. The number of aromatic nitrogens is 2. The molecule has 0 unspecified atom stereocenters. The Morgan fingerprint density at radius 1 is 1.33 bits per heavy atom. The number of anilines is 1. The Balaban J connectivity index is 2.28. The molecule has 0 spiro atoms. The molecular formula is C10H6ClN3O4. The van der Waals surface area contributed by atoms with E-state index >= 15 is 0 Å². The Hall–Kier alpha value is -2.41. The molecule has 0 atom stereocenters. The fourth-order valence-corrected chi connectivity index (χ4v) is 1.42. The van der Waals surface area contributed by atoms with E-state index in [0.717, 1.165) is 0 Å². The minimum Gasteiger partial charge on any atom is -0.476 e. The molecule has 0 aromatic carbocycles. The van der Waals surface area contributed by atoms with E-state index in [4.69, 9.17) is 21.1 Å². The van der Waals surface area contributed by atoms with E-state index in [9.17, 15) is 9.59 Å². The number of hydrogen-bond acceptors (Lipinski definition) is 5. The number of furan rings is 1. The van der Waals surface area contributed by atoms with Gasteiger partial charge in [0.25, 0.3) is 5.91 Å². The van der Waals surface area contributed by atoms with Crippen molar-refractivity contribution in [2.24, 2.45) is 0 Å². The topological polar surface area (TPSA) is 105 Å². The fourth-order valence-electron chi connectivity index (χ4n) is 1.22. The van der Waals surface area contributed by atoms with E-state index in [2.05, 4.69) is 15.3 Å². The number of carbonyl (C=O) groups is 2. The summed E-state index contributed by atoms with van der Waals surface area (Å²) in [5, 5.41) is 11.1. The molecule has 2 aromatic heterocycles. The number of nitrogens with zero attached hydrogens (tertiary/aromatic N) is 2. The van der Waals surface area contributed by atoms with Crippen molar-refractivity contribution in [3.05, 3.63) is 41.2 Å². The third-order valence-electron chi connectivity index (χ3n) is 2.00. The van der Waals surface area contributed by atoms with Gasteiger partial charge in [-0.1, -0.05) is 0 Å². The molecule has 0 saturated carbocycles. The highest BCUT2D eigenvalue weighted by Gasteiger charge is 2.18. The van der Waals surface area contributed by atoms with Gasteiger partial charge in [-0.25, -0.2) is 14.8 Å². The van der Waals surface area contributed by atoms with Crippen molar-refractivity contribution >= 4 is 29.3 Å². The van der Waals surface area contributed by atoms with Crippen LogP contribution in [0.5, 0.6) is 0 Å². The monoisotopic (exact) mass is 267 g/mol. The van der Waals surface area contributed by atoms with Crippen molar-refractivity contribution in [3.8, 4) is 0 Å². The Labute approximate surface area is 105 Å². The summed E-state index contributed by atoms with van der Waals surface area (Å²) in [4.78, 5) is 29.9. The Bertz CT molecular complexity index is 611. The van der Waals surface area contributed by atoms with Crippen molar-refractivity contribution in [3.63, 3.8) is 0 Å². The molecule has 2 N–H and O–H groups in total. The van der Waals surface area contributed by atoms with E-state index < -0.39 is 11.9 Å². The average molecular weight is 268 g/mol. The van der Waals surface area contributed by atoms with E-state index in [1.807, 2.05) is 0 Å². The molecule has 2 heterocycles. The molecule has 18 heavy (non-hydrogen) atoms. The maximum Gasteiger partial charge on any atom is 0.358 e. The van der Waals surface area contributed by atoms with Crippen molar-refractivity contribution in [2.75, 3.05) is 5.32 Å². The first-order valence-electron chi connectivity index (χ1n) is 4.68. The van der Waals surface area contributed by atoms with Crippen LogP contribution in [-0.4, -0.2) is 27.0 Å². The summed E-state index contributed by atoms with van der Waals surface area (Å²) in [6, 6.07) is 1.36. The number of halogens is 1. The number of carbonyl (C=O) groups excluding carboxylic acids is 1. The Kier molecular flexibility index (Phi) is 3.24. The summed E-state index contributed by atoms with van der Waals surface area (Å²) in [5.74, 6) is -2.08. The minimum absolute atomic E-state index is 0.0821. The van der Waals surface area contributed by atoms with Gasteiger partial charge in [0.05, 0.1) is 11.8 Å². The zero-order valence-electron chi connectivity index (χ0n) is 8.75. The van der Waals surface area contributed by atoms with E-state index in [-0.39, 0.29) is 22.3 Å². The van der Waals surface area contributed by atoms with Gasteiger partial charge < -0.3 is 14.8 Å². The van der Waals surface area contributed by atoms with Crippen LogP contribution in [0, 0.1) is 0 Å². The van der Waals surface area contributed by atoms with Crippen LogP contribution in [0.15, 0.2) is 29.1 Å². The Morgan fingerprint density at radius 2 is 2.06 bits per heavy atom. The molecule has 0 aliphatic heterocycles. The molecule has 2 aromatic rings. The lowest BCUT2D eigenvalue weighted by Gasteiger charge is -2.04. The number of rotatable bonds is 3. The van der Waals surface area contributed by atoms with Crippen LogP contribution in [0.3, 0.4) is 0 Å². The Morgan fingerprint density at radius 3 is 2.67 bits per heavy atom. The van der Waals surface area contributed by atoms with Crippen molar-refractivity contribution < 1.29 is 19.1 Å². The molecular weight excluding hydrogens is 262 g/mol. The summed E-state index contributed by atoms with van der Waals surface area (Å²) in [6.45, 7) is 0. The number of aromatic carboxylic acids is 1. The molecule has 0 bridgehead atoms. The molecule has 0 aliphatic rings. The van der Waals surface area contributed by atoms with Gasteiger partial charge in [-0.05, 0) is 17.7 Å². The molecule has 0 radical (unpaired) electrons. The number of carboxylic acid groups (broad SMARTS) is 1. The standard InChI is InChI=1S/C10H6ClN3O4/c11-7-5(1-4-18-7)9(15)14-8-6(10(16)17)12-2-3-13-8/h1-4H,(H,16,17)(H,13,14,15). The second-order valence-corrected chi connectivity index (χ2v) is 3.46. The molecule has 8 heteroatoms. The third kappa shape index (κ3) is 2.30. The lowest BCUT2D eigenvalue weighted by atomic mass is 10.3. The van der Waals surface area contributed by atoms with Gasteiger partial charge in [-0.15, -0.1) is 0 Å². The van der Waals surface area contributed by atoms with Crippen molar-refractivity contribution in [2.45, 2.75) is 0 Å². The number of nitrogens with one attached hydrogen (secondary N) is 1. The molecule has 0 aliphatic carbocycles. The maximum absolute atomic E-state index is 11.8. The van der Waals surface area contributed by atoms with Crippen molar-refractivity contribution in [1.82, 2.24) is 9.97 Å². The van der Waals surface area contributed by atoms with Crippen LogP contribution >= 0.6 is 11.6 Å². The summed E-state index contributed by atoms with van der Waals surface area (Å²) in [6.07, 6.45) is 3.72. The van der Waals surface area contributed by atoms with E-state index in [1.165, 1.54) is 24.7 Å². The second-order valence-electron chi connectivity index (χ2n) is 3.12. The first-order chi connectivity index (χ1) is 8.59. The van der Waals surface area contributed by atoms with Gasteiger partial charge in [0.1, 0.15) is 0 Å². The maximum atomic E-state index is 11.8. The highest BCUT2D eigenvalue weighted by atomic mass is 35.5. The molecule has 0 fully saturated rings. The fraction of sp³-hybridized carbons (Fsp3) is 0. The largest absolute Gasteiger partial charge is 0.476 e. The predicted octanol–water partition coefficient (Wildman–Crippen LogP) is 1.67. The second kappa shape index (κ2) is 4.84. The average Bonchev–Trinajstić information content (AvgIpc) is 2.76. The summed E-state index contributed by atoms with van der Waals surface area (Å²) in [5.41, 5.74) is -0.274. The van der Waals surface area contributed by atoms with E-state index in [0.29, 0.717) is 0 Å². The lowest BCUT2D eigenvalue weighted by Crippen LogP contribution is -2.16. The number of carboxylic acids is 1. The SMILES string of the molecule is O=C(Nc1nccnc1C(=O)O)c1ccoc1Cl. The van der Waals surface area contributed by atoms with Gasteiger partial charge in [-0.2, -0.15) is 0 Å². The van der Waals surface area contributed by atoms with Crippen LogP contribution < -0.4 is 5.32 Å². The van der Waals surface area contributed by atoms with Crippen LogP contribution in [-0.2, 0) is 0 Å². The molecule has 92 valence electrons. The van der Waals surface area contributed by atoms with Gasteiger partial charge in [-0.3, -0.25) is 4.79 Å². The summed E-state index contributed by atoms with van der Waals surface area (Å²) < 4.78 is 4.75. The zero-order valence-corrected chi connectivity index (χ0v) is 9.51. The van der Waals surface area contributed by atoms with Crippen LogP contribution in [0.25, 0.3) is 0 Å². The number of amides is 1. The van der Waals surface area contributed by atoms with Gasteiger partial charge in [0.15, 0.2) is 11.5 Å². The van der Waals surface area contributed by atoms with Crippen LogP contribution in [0.2, 0.25) is 5.22 Å². The highest BCUT2D eigenvalue weighted by molar-refractivity contribution is 6.32. The van der Waals surface area contributed by atoms with Crippen molar-refractivity contribution in [1.29, 1.82) is 0 Å². The van der Waals surface area contributed by atoms with Crippen LogP contribution in [0.4, 0.5) is 5.82 Å². The van der Waals surface area contributed by atoms with Gasteiger partial charge in [0, 0.05) is 12.4 Å². The first kappa shape index (κ1) is 12.1. The third-order valence-corrected chi connectivity index (χ3v) is 2.29. The summed E-state index contributed by atoms with van der Waals surface area (Å²) in [7, 11) is 0. The lowest BCUT2D eigenvalue weighted by molar-refractivity contribution is 0.0691. The van der Waals surface area contributed by atoms with Gasteiger partial charge in [0.2, 0.25) is 5.22 Å². The van der Waals surface area contributed by atoms with E-state index in [1.54, 1.807) is 0 Å². The highest BCUT2D eigenvalue weighted by Crippen LogP contribution is 2.18. The minimum atomic E-state index is -1.29. The molecule has 0 saturated heterocycles. The smallest absolute Gasteiger partial charge is 0.358 e. The van der Waals surface area contributed by atoms with Gasteiger partial charge >= 0.3 is 5.97 Å². The predicted molar refractivity (Wildman–Crippen MR) is 60.7 cm³/mol.